The SMILES string of the molecule is CC(N)(c1ccccc1)c1ccc(F)c(F)c1. The second-order valence-corrected chi connectivity index (χ2v) is 4.20. The van der Waals surface area contributed by atoms with E-state index in [1.165, 1.54) is 6.07 Å². The van der Waals surface area contributed by atoms with Crippen LogP contribution in [0.25, 0.3) is 0 Å². The van der Waals surface area contributed by atoms with Gasteiger partial charge in [-0.25, -0.2) is 8.78 Å². The lowest BCUT2D eigenvalue weighted by atomic mass is 9.86. The largest absolute Gasteiger partial charge is 0.318 e. The maximum atomic E-state index is 13.2. The molecule has 0 heterocycles. The standard InChI is InChI=1S/C14H13F2N/c1-14(17,10-5-3-2-4-6-10)11-7-8-12(15)13(16)9-11/h2-9H,17H2,1H3. The summed E-state index contributed by atoms with van der Waals surface area (Å²) >= 11 is 0. The lowest BCUT2D eigenvalue weighted by molar-refractivity contribution is 0.500. The zero-order valence-corrected chi connectivity index (χ0v) is 9.45. The molecule has 0 fully saturated rings. The number of benzene rings is 2. The molecule has 0 aliphatic carbocycles. The van der Waals surface area contributed by atoms with Crippen molar-refractivity contribution < 1.29 is 8.78 Å². The normalized spacial score (nSPS) is 14.4. The first-order valence-corrected chi connectivity index (χ1v) is 5.32. The van der Waals surface area contributed by atoms with Crippen LogP contribution >= 0.6 is 0 Å². The Morgan fingerprint density at radius 1 is 0.882 bits per heavy atom. The van der Waals surface area contributed by atoms with Crippen molar-refractivity contribution in [2.24, 2.45) is 5.73 Å². The van der Waals surface area contributed by atoms with E-state index in [0.717, 1.165) is 17.7 Å². The van der Waals surface area contributed by atoms with Gasteiger partial charge in [-0.3, -0.25) is 0 Å². The van der Waals surface area contributed by atoms with Gasteiger partial charge in [0.05, 0.1) is 5.54 Å². The summed E-state index contributed by atoms with van der Waals surface area (Å²) in [7, 11) is 0. The number of halogens is 2. The van der Waals surface area contributed by atoms with Crippen LogP contribution in [0.4, 0.5) is 8.78 Å². The van der Waals surface area contributed by atoms with Gasteiger partial charge in [0.1, 0.15) is 0 Å². The first-order chi connectivity index (χ1) is 8.01. The summed E-state index contributed by atoms with van der Waals surface area (Å²) in [5, 5.41) is 0. The highest BCUT2D eigenvalue weighted by Gasteiger charge is 2.24. The zero-order chi connectivity index (χ0) is 12.5. The van der Waals surface area contributed by atoms with E-state index in [9.17, 15) is 8.78 Å². The smallest absolute Gasteiger partial charge is 0.159 e. The van der Waals surface area contributed by atoms with Crippen LogP contribution in [0.15, 0.2) is 48.5 Å². The lowest BCUT2D eigenvalue weighted by Crippen LogP contribution is -2.34. The molecule has 0 bridgehead atoms. The second kappa shape index (κ2) is 4.26. The molecule has 2 aromatic carbocycles. The second-order valence-electron chi connectivity index (χ2n) is 4.20. The third-order valence-corrected chi connectivity index (χ3v) is 2.89. The first-order valence-electron chi connectivity index (χ1n) is 5.32. The maximum Gasteiger partial charge on any atom is 0.159 e. The minimum atomic E-state index is -0.880. The Morgan fingerprint density at radius 2 is 1.53 bits per heavy atom. The molecular weight excluding hydrogens is 220 g/mol. The number of rotatable bonds is 2. The van der Waals surface area contributed by atoms with Crippen LogP contribution < -0.4 is 5.73 Å². The van der Waals surface area contributed by atoms with Gasteiger partial charge in [-0.05, 0) is 30.2 Å². The van der Waals surface area contributed by atoms with Crippen molar-refractivity contribution in [1.82, 2.24) is 0 Å². The van der Waals surface area contributed by atoms with E-state index in [1.807, 2.05) is 30.3 Å². The minimum Gasteiger partial charge on any atom is -0.318 e. The maximum absolute atomic E-state index is 13.2. The molecule has 2 N–H and O–H groups in total. The summed E-state index contributed by atoms with van der Waals surface area (Å²) in [6.45, 7) is 1.77. The third kappa shape index (κ3) is 2.19. The molecule has 0 radical (unpaired) electrons. The van der Waals surface area contributed by atoms with Crippen molar-refractivity contribution in [2.75, 3.05) is 0 Å². The number of nitrogens with two attached hydrogens (primary N) is 1. The zero-order valence-electron chi connectivity index (χ0n) is 9.45. The monoisotopic (exact) mass is 233 g/mol. The van der Waals surface area contributed by atoms with Gasteiger partial charge in [-0.15, -0.1) is 0 Å². The van der Waals surface area contributed by atoms with Gasteiger partial charge in [0.2, 0.25) is 0 Å². The van der Waals surface area contributed by atoms with Crippen LogP contribution in [0.2, 0.25) is 0 Å². The molecule has 1 unspecified atom stereocenters. The highest BCUT2D eigenvalue weighted by atomic mass is 19.2. The highest BCUT2D eigenvalue weighted by molar-refractivity contribution is 5.37. The van der Waals surface area contributed by atoms with E-state index in [1.54, 1.807) is 6.92 Å². The molecule has 3 heteroatoms. The highest BCUT2D eigenvalue weighted by Crippen LogP contribution is 2.27. The fourth-order valence-corrected chi connectivity index (χ4v) is 1.77. The van der Waals surface area contributed by atoms with Crippen LogP contribution in [-0.4, -0.2) is 0 Å². The fourth-order valence-electron chi connectivity index (χ4n) is 1.77. The Balaban J connectivity index is 2.48. The molecule has 0 aliphatic heterocycles. The summed E-state index contributed by atoms with van der Waals surface area (Å²) in [5.41, 5.74) is 6.75. The van der Waals surface area contributed by atoms with Gasteiger partial charge in [-0.2, -0.15) is 0 Å². The molecule has 1 atom stereocenters. The summed E-state index contributed by atoms with van der Waals surface area (Å²) in [4.78, 5) is 0. The molecule has 0 saturated carbocycles. The number of hydrogen-bond donors (Lipinski definition) is 1. The van der Waals surface area contributed by atoms with E-state index in [2.05, 4.69) is 0 Å². The Hall–Kier alpha value is -1.74. The Kier molecular flexibility index (Phi) is 2.94. The van der Waals surface area contributed by atoms with Crippen LogP contribution in [0, 0.1) is 11.6 Å². The molecule has 2 aromatic rings. The van der Waals surface area contributed by atoms with Crippen molar-refractivity contribution in [2.45, 2.75) is 12.5 Å². The molecule has 17 heavy (non-hydrogen) atoms. The molecule has 0 saturated heterocycles. The quantitative estimate of drug-likeness (QED) is 0.847. The first kappa shape index (κ1) is 11.7. The van der Waals surface area contributed by atoms with Crippen LogP contribution in [0.1, 0.15) is 18.1 Å². The Bertz CT molecular complexity index is 521. The topological polar surface area (TPSA) is 26.0 Å². The summed E-state index contributed by atoms with van der Waals surface area (Å²) in [6, 6.07) is 13.1. The third-order valence-electron chi connectivity index (χ3n) is 2.89. The predicted octanol–water partition coefficient (Wildman–Crippen LogP) is 3.19. The van der Waals surface area contributed by atoms with Crippen LogP contribution in [0.5, 0.6) is 0 Å². The summed E-state index contributed by atoms with van der Waals surface area (Å²) in [6.07, 6.45) is 0. The van der Waals surface area contributed by atoms with Gasteiger partial charge in [0.15, 0.2) is 11.6 Å². The molecule has 0 spiro atoms. The predicted molar refractivity (Wildman–Crippen MR) is 63.4 cm³/mol. The van der Waals surface area contributed by atoms with E-state index in [-0.39, 0.29) is 0 Å². The van der Waals surface area contributed by atoms with Crippen molar-refractivity contribution in [3.8, 4) is 0 Å². The van der Waals surface area contributed by atoms with E-state index in [4.69, 9.17) is 5.73 Å². The van der Waals surface area contributed by atoms with Crippen molar-refractivity contribution in [3.63, 3.8) is 0 Å². The molecule has 2 rings (SSSR count). The van der Waals surface area contributed by atoms with Crippen molar-refractivity contribution in [1.29, 1.82) is 0 Å². The molecule has 1 nitrogen and oxygen atoms in total. The molecule has 0 aliphatic rings. The fraction of sp³-hybridized carbons (Fsp3) is 0.143. The van der Waals surface area contributed by atoms with Gasteiger partial charge < -0.3 is 5.73 Å². The Morgan fingerprint density at radius 3 is 2.12 bits per heavy atom. The van der Waals surface area contributed by atoms with Crippen LogP contribution in [-0.2, 0) is 5.54 Å². The summed E-state index contributed by atoms with van der Waals surface area (Å²) in [5.74, 6) is -1.74. The molecule has 0 aromatic heterocycles. The van der Waals surface area contributed by atoms with Crippen LogP contribution in [0.3, 0.4) is 0 Å². The molecule has 88 valence electrons. The lowest BCUT2D eigenvalue weighted by Gasteiger charge is -2.26. The van der Waals surface area contributed by atoms with Gasteiger partial charge in [0, 0.05) is 0 Å². The van der Waals surface area contributed by atoms with Gasteiger partial charge in [0.25, 0.3) is 0 Å². The summed E-state index contributed by atoms with van der Waals surface area (Å²) < 4.78 is 26.1. The van der Waals surface area contributed by atoms with Crippen molar-refractivity contribution >= 4 is 0 Å². The average Bonchev–Trinajstić information content (AvgIpc) is 2.33. The molecular formula is C14H13F2N. The van der Waals surface area contributed by atoms with Gasteiger partial charge in [-0.1, -0.05) is 36.4 Å². The minimum absolute atomic E-state index is 0.544. The van der Waals surface area contributed by atoms with Gasteiger partial charge >= 0.3 is 0 Å². The van der Waals surface area contributed by atoms with Crippen molar-refractivity contribution in [3.05, 3.63) is 71.3 Å². The average molecular weight is 233 g/mol. The van der Waals surface area contributed by atoms with E-state index < -0.39 is 17.2 Å². The van der Waals surface area contributed by atoms with E-state index >= 15 is 0 Å². The number of hydrogen-bond acceptors (Lipinski definition) is 1. The Labute approximate surface area is 98.9 Å². The molecule has 0 amide bonds. The van der Waals surface area contributed by atoms with E-state index in [0.29, 0.717) is 5.56 Å².